The van der Waals surface area contributed by atoms with Crippen molar-refractivity contribution in [2.24, 2.45) is 0 Å². The molecule has 0 saturated carbocycles. The van der Waals surface area contributed by atoms with Crippen molar-refractivity contribution in [1.82, 2.24) is 15.0 Å². The molecule has 2 aromatic heterocycles. The van der Waals surface area contributed by atoms with Crippen LogP contribution in [0, 0.1) is 20.8 Å². The van der Waals surface area contributed by atoms with Gasteiger partial charge in [0.1, 0.15) is 5.82 Å². The summed E-state index contributed by atoms with van der Waals surface area (Å²) in [5.74, 6) is 1.46. The predicted octanol–water partition coefficient (Wildman–Crippen LogP) is 3.78. The second kappa shape index (κ2) is 6.41. The van der Waals surface area contributed by atoms with E-state index in [9.17, 15) is 0 Å². The van der Waals surface area contributed by atoms with Crippen LogP contribution in [0.15, 0.2) is 17.3 Å². The van der Waals surface area contributed by atoms with Crippen molar-refractivity contribution in [3.63, 3.8) is 0 Å². The number of thioether (sulfide) groups is 1. The largest absolute Gasteiger partial charge is 0.373 e. The van der Waals surface area contributed by atoms with E-state index >= 15 is 0 Å². The summed E-state index contributed by atoms with van der Waals surface area (Å²) in [6.07, 6.45) is 0. The zero-order valence-electron chi connectivity index (χ0n) is 12.0. The van der Waals surface area contributed by atoms with Crippen LogP contribution in [-0.4, -0.2) is 22.0 Å². The van der Waals surface area contributed by atoms with Crippen LogP contribution in [0.2, 0.25) is 5.02 Å². The third-order valence-electron chi connectivity index (χ3n) is 3.12. The van der Waals surface area contributed by atoms with Gasteiger partial charge in [0.05, 0.1) is 10.7 Å². The molecule has 0 unspecified atom stereocenters. The SMILES string of the molecule is CNc1ccc(Cl)c(CSc2nc(C)c(C)c(C)n2)n1. The van der Waals surface area contributed by atoms with Crippen molar-refractivity contribution in [3.05, 3.63) is 39.8 Å². The average Bonchev–Trinajstić information content (AvgIpc) is 2.43. The maximum atomic E-state index is 6.16. The first-order valence-electron chi connectivity index (χ1n) is 6.29. The lowest BCUT2D eigenvalue weighted by Crippen LogP contribution is -2.00. The van der Waals surface area contributed by atoms with Crippen molar-refractivity contribution in [2.75, 3.05) is 12.4 Å². The molecular formula is C14H17ClN4S. The Morgan fingerprint density at radius 2 is 1.75 bits per heavy atom. The summed E-state index contributed by atoms with van der Waals surface area (Å²) in [5, 5.41) is 4.43. The molecule has 20 heavy (non-hydrogen) atoms. The molecule has 0 aliphatic heterocycles. The molecule has 0 fully saturated rings. The molecule has 0 aliphatic rings. The van der Waals surface area contributed by atoms with Crippen molar-refractivity contribution >= 4 is 29.2 Å². The molecule has 2 rings (SSSR count). The van der Waals surface area contributed by atoms with Crippen LogP contribution in [0.4, 0.5) is 5.82 Å². The Balaban J connectivity index is 2.16. The van der Waals surface area contributed by atoms with Gasteiger partial charge in [-0.2, -0.15) is 0 Å². The number of nitrogens with zero attached hydrogens (tertiary/aromatic N) is 3. The van der Waals surface area contributed by atoms with Crippen molar-refractivity contribution in [1.29, 1.82) is 0 Å². The third kappa shape index (κ3) is 3.41. The van der Waals surface area contributed by atoms with Gasteiger partial charge in [-0.05, 0) is 38.5 Å². The fraction of sp³-hybridized carbons (Fsp3) is 0.357. The maximum absolute atomic E-state index is 6.16. The lowest BCUT2D eigenvalue weighted by Gasteiger charge is -2.08. The molecule has 106 valence electrons. The first kappa shape index (κ1) is 15.1. The van der Waals surface area contributed by atoms with Crippen LogP contribution in [0.1, 0.15) is 22.6 Å². The van der Waals surface area contributed by atoms with E-state index in [-0.39, 0.29) is 0 Å². The number of pyridine rings is 1. The van der Waals surface area contributed by atoms with Crippen molar-refractivity contribution < 1.29 is 0 Å². The molecule has 0 atom stereocenters. The van der Waals surface area contributed by atoms with Gasteiger partial charge >= 0.3 is 0 Å². The number of hydrogen-bond acceptors (Lipinski definition) is 5. The summed E-state index contributed by atoms with van der Waals surface area (Å²) < 4.78 is 0. The summed E-state index contributed by atoms with van der Waals surface area (Å²) in [5.41, 5.74) is 4.01. The Kier molecular flexibility index (Phi) is 4.83. The number of aromatic nitrogens is 3. The minimum Gasteiger partial charge on any atom is -0.373 e. The summed E-state index contributed by atoms with van der Waals surface area (Å²) in [6.45, 7) is 6.04. The molecule has 2 aromatic rings. The summed E-state index contributed by atoms with van der Waals surface area (Å²) in [6, 6.07) is 3.70. The van der Waals surface area contributed by atoms with Crippen molar-refractivity contribution in [3.8, 4) is 0 Å². The molecule has 0 radical (unpaired) electrons. The molecule has 0 amide bonds. The van der Waals surface area contributed by atoms with E-state index in [0.29, 0.717) is 10.8 Å². The highest BCUT2D eigenvalue weighted by Crippen LogP contribution is 2.25. The monoisotopic (exact) mass is 308 g/mol. The molecule has 2 heterocycles. The average molecular weight is 309 g/mol. The fourth-order valence-electron chi connectivity index (χ4n) is 1.66. The van der Waals surface area contributed by atoms with Crippen LogP contribution >= 0.6 is 23.4 Å². The van der Waals surface area contributed by atoms with Gasteiger partial charge in [0.25, 0.3) is 0 Å². The van der Waals surface area contributed by atoms with Crippen LogP contribution in [0.25, 0.3) is 0 Å². The minimum atomic E-state index is 0.649. The Labute approximate surface area is 128 Å². The van der Waals surface area contributed by atoms with E-state index in [0.717, 1.165) is 33.6 Å². The summed E-state index contributed by atoms with van der Waals surface area (Å²) >= 11 is 7.71. The zero-order chi connectivity index (χ0) is 14.7. The summed E-state index contributed by atoms with van der Waals surface area (Å²) in [7, 11) is 1.84. The number of rotatable bonds is 4. The van der Waals surface area contributed by atoms with Gasteiger partial charge in [0, 0.05) is 24.2 Å². The third-order valence-corrected chi connectivity index (χ3v) is 4.33. The van der Waals surface area contributed by atoms with Gasteiger partial charge in [0.15, 0.2) is 5.16 Å². The van der Waals surface area contributed by atoms with Crippen LogP contribution < -0.4 is 5.32 Å². The molecule has 0 saturated heterocycles. The van der Waals surface area contributed by atoms with Gasteiger partial charge in [0.2, 0.25) is 0 Å². The maximum Gasteiger partial charge on any atom is 0.188 e. The predicted molar refractivity (Wildman–Crippen MR) is 84.6 cm³/mol. The van der Waals surface area contributed by atoms with Gasteiger partial charge < -0.3 is 5.32 Å². The highest BCUT2D eigenvalue weighted by atomic mass is 35.5. The second-order valence-electron chi connectivity index (χ2n) is 4.47. The van der Waals surface area contributed by atoms with E-state index in [1.807, 2.05) is 40.0 Å². The quantitative estimate of drug-likeness (QED) is 0.688. The molecule has 0 aromatic carbocycles. The van der Waals surface area contributed by atoms with Gasteiger partial charge in [-0.3, -0.25) is 0 Å². The highest BCUT2D eigenvalue weighted by Gasteiger charge is 2.08. The first-order chi connectivity index (χ1) is 9.51. The minimum absolute atomic E-state index is 0.649. The topological polar surface area (TPSA) is 50.7 Å². The number of anilines is 1. The van der Waals surface area contributed by atoms with Crippen LogP contribution in [0.3, 0.4) is 0 Å². The molecule has 4 nitrogen and oxygen atoms in total. The first-order valence-corrected chi connectivity index (χ1v) is 7.65. The smallest absolute Gasteiger partial charge is 0.188 e. The number of nitrogens with one attached hydrogen (secondary N) is 1. The van der Waals surface area contributed by atoms with Gasteiger partial charge in [-0.15, -0.1) is 0 Å². The van der Waals surface area contributed by atoms with E-state index in [1.54, 1.807) is 11.8 Å². The van der Waals surface area contributed by atoms with Crippen LogP contribution in [0.5, 0.6) is 0 Å². The molecule has 6 heteroatoms. The van der Waals surface area contributed by atoms with E-state index in [2.05, 4.69) is 20.3 Å². The molecular weight excluding hydrogens is 292 g/mol. The van der Waals surface area contributed by atoms with Gasteiger partial charge in [-0.1, -0.05) is 23.4 Å². The Morgan fingerprint density at radius 1 is 1.10 bits per heavy atom. The molecule has 0 aliphatic carbocycles. The standard InChI is InChI=1S/C14H17ClN4S/c1-8-9(2)17-14(18-10(8)3)20-7-12-11(15)5-6-13(16-4)19-12/h5-6H,7H2,1-4H3,(H,16,19). The van der Waals surface area contributed by atoms with E-state index in [1.165, 1.54) is 0 Å². The van der Waals surface area contributed by atoms with Crippen molar-refractivity contribution in [2.45, 2.75) is 31.7 Å². The highest BCUT2D eigenvalue weighted by molar-refractivity contribution is 7.98. The van der Waals surface area contributed by atoms with E-state index < -0.39 is 0 Å². The number of aryl methyl sites for hydroxylation is 2. The second-order valence-corrected chi connectivity index (χ2v) is 5.82. The Hall–Kier alpha value is -1.33. The molecule has 0 spiro atoms. The molecule has 1 N–H and O–H groups in total. The normalized spacial score (nSPS) is 10.7. The van der Waals surface area contributed by atoms with Crippen LogP contribution in [-0.2, 0) is 5.75 Å². The fourth-order valence-corrected chi connectivity index (χ4v) is 2.80. The summed E-state index contributed by atoms with van der Waals surface area (Å²) in [4.78, 5) is 13.4. The lowest BCUT2D eigenvalue weighted by molar-refractivity contribution is 0.880. The Morgan fingerprint density at radius 3 is 2.35 bits per heavy atom. The number of hydrogen-bond donors (Lipinski definition) is 1. The Bertz CT molecular complexity index is 608. The zero-order valence-corrected chi connectivity index (χ0v) is 13.6. The molecule has 0 bridgehead atoms. The van der Waals surface area contributed by atoms with Gasteiger partial charge in [-0.25, -0.2) is 15.0 Å². The lowest BCUT2D eigenvalue weighted by atomic mass is 10.2. The number of halogens is 1. The van der Waals surface area contributed by atoms with E-state index in [4.69, 9.17) is 11.6 Å².